The summed E-state index contributed by atoms with van der Waals surface area (Å²) >= 11 is 4.68. The lowest BCUT2D eigenvalue weighted by Crippen LogP contribution is -2.14. The van der Waals surface area contributed by atoms with Crippen LogP contribution in [0.1, 0.15) is 38.1 Å². The van der Waals surface area contributed by atoms with Crippen molar-refractivity contribution in [2.75, 3.05) is 5.32 Å². The third kappa shape index (κ3) is 3.33. The van der Waals surface area contributed by atoms with E-state index >= 15 is 0 Å². The molecule has 1 aromatic heterocycles. The second kappa shape index (κ2) is 6.41. The second-order valence-corrected chi connectivity index (χ2v) is 6.47. The van der Waals surface area contributed by atoms with Crippen LogP contribution in [0.15, 0.2) is 28.7 Å². The Hall–Kier alpha value is -1.66. The average Bonchev–Trinajstić information content (AvgIpc) is 2.85. The van der Waals surface area contributed by atoms with Crippen molar-refractivity contribution in [3.05, 3.63) is 50.3 Å². The molecule has 1 amide bonds. The van der Waals surface area contributed by atoms with Crippen molar-refractivity contribution < 1.29 is 14.7 Å². The zero-order chi connectivity index (χ0) is 15.6. The van der Waals surface area contributed by atoms with Crippen molar-refractivity contribution in [2.24, 2.45) is 0 Å². The minimum Gasteiger partial charge on any atom is -0.478 e. The zero-order valence-corrected chi connectivity index (χ0v) is 14.0. The standard InChI is InChI=1S/C15H14BrNO3S/c1-3-9-7-11(15(19)20)14(21-9)17-13(18)10-5-4-6-12(16)8(10)2/h4-7H,3H2,1-2H3,(H,17,18)(H,19,20). The van der Waals surface area contributed by atoms with Crippen LogP contribution in [0.4, 0.5) is 5.00 Å². The molecule has 2 aromatic rings. The highest BCUT2D eigenvalue weighted by Crippen LogP contribution is 2.29. The Kier molecular flexibility index (Phi) is 4.80. The van der Waals surface area contributed by atoms with E-state index in [1.165, 1.54) is 11.3 Å². The van der Waals surface area contributed by atoms with Crippen molar-refractivity contribution in [3.8, 4) is 0 Å². The molecule has 21 heavy (non-hydrogen) atoms. The summed E-state index contributed by atoms with van der Waals surface area (Å²) < 4.78 is 0.842. The van der Waals surface area contributed by atoms with Crippen LogP contribution in [0, 0.1) is 6.92 Å². The van der Waals surface area contributed by atoms with Crippen LogP contribution in [0.25, 0.3) is 0 Å². The number of nitrogens with one attached hydrogen (secondary N) is 1. The Balaban J connectivity index is 2.33. The number of aryl methyl sites for hydroxylation is 1. The van der Waals surface area contributed by atoms with Gasteiger partial charge in [0.05, 0.1) is 5.56 Å². The number of thiophene rings is 1. The number of carboxylic acids is 1. The third-order valence-electron chi connectivity index (χ3n) is 3.10. The maximum atomic E-state index is 12.3. The number of aromatic carboxylic acids is 1. The van der Waals surface area contributed by atoms with Crippen molar-refractivity contribution >= 4 is 44.1 Å². The number of hydrogen-bond donors (Lipinski definition) is 2. The number of carboxylic acid groups (broad SMARTS) is 1. The Labute approximate surface area is 134 Å². The molecule has 6 heteroatoms. The lowest BCUT2D eigenvalue weighted by atomic mass is 10.1. The van der Waals surface area contributed by atoms with Crippen LogP contribution >= 0.6 is 27.3 Å². The highest BCUT2D eigenvalue weighted by molar-refractivity contribution is 9.10. The Morgan fingerprint density at radius 1 is 1.33 bits per heavy atom. The van der Waals surface area contributed by atoms with Crippen molar-refractivity contribution in [3.63, 3.8) is 0 Å². The first-order chi connectivity index (χ1) is 9.93. The van der Waals surface area contributed by atoms with Gasteiger partial charge in [-0.05, 0) is 37.1 Å². The van der Waals surface area contributed by atoms with E-state index in [2.05, 4.69) is 21.2 Å². The van der Waals surface area contributed by atoms with E-state index in [1.54, 1.807) is 18.2 Å². The van der Waals surface area contributed by atoms with E-state index in [0.29, 0.717) is 10.6 Å². The first kappa shape index (κ1) is 15.7. The number of amides is 1. The van der Waals surface area contributed by atoms with Gasteiger partial charge < -0.3 is 10.4 Å². The van der Waals surface area contributed by atoms with Crippen molar-refractivity contribution in [1.29, 1.82) is 0 Å². The summed E-state index contributed by atoms with van der Waals surface area (Å²) in [4.78, 5) is 24.5. The lowest BCUT2D eigenvalue weighted by molar-refractivity contribution is 0.0698. The minimum absolute atomic E-state index is 0.137. The molecule has 0 saturated carbocycles. The molecule has 0 spiro atoms. The van der Waals surface area contributed by atoms with Crippen LogP contribution in [-0.4, -0.2) is 17.0 Å². The third-order valence-corrected chi connectivity index (χ3v) is 5.16. The molecule has 1 heterocycles. The predicted molar refractivity (Wildman–Crippen MR) is 87.5 cm³/mol. The second-order valence-electron chi connectivity index (χ2n) is 4.48. The van der Waals surface area contributed by atoms with Crippen LogP contribution in [0.2, 0.25) is 0 Å². The van der Waals surface area contributed by atoms with Crippen molar-refractivity contribution in [1.82, 2.24) is 0 Å². The number of anilines is 1. The van der Waals surface area contributed by atoms with E-state index < -0.39 is 5.97 Å². The van der Waals surface area contributed by atoms with Crippen LogP contribution in [0.3, 0.4) is 0 Å². The largest absolute Gasteiger partial charge is 0.478 e. The number of carbonyl (C=O) groups excluding carboxylic acids is 1. The number of rotatable bonds is 4. The van der Waals surface area contributed by atoms with E-state index in [4.69, 9.17) is 0 Å². The van der Waals surface area contributed by atoms with Gasteiger partial charge in [0.1, 0.15) is 5.00 Å². The van der Waals surface area contributed by atoms with Gasteiger partial charge in [0.15, 0.2) is 0 Å². The monoisotopic (exact) mass is 367 g/mol. The van der Waals surface area contributed by atoms with Crippen LogP contribution < -0.4 is 5.32 Å². The lowest BCUT2D eigenvalue weighted by Gasteiger charge is -2.08. The molecule has 0 unspecified atom stereocenters. The fraction of sp³-hybridized carbons (Fsp3) is 0.200. The minimum atomic E-state index is -1.03. The highest BCUT2D eigenvalue weighted by Gasteiger charge is 2.18. The van der Waals surface area contributed by atoms with Gasteiger partial charge in [0.25, 0.3) is 5.91 Å². The molecule has 0 radical (unpaired) electrons. The first-order valence-electron chi connectivity index (χ1n) is 6.36. The summed E-state index contributed by atoms with van der Waals surface area (Å²) in [6.07, 6.45) is 0.733. The molecular formula is C15H14BrNO3S. The van der Waals surface area contributed by atoms with Gasteiger partial charge in [0.2, 0.25) is 0 Å². The van der Waals surface area contributed by atoms with Gasteiger partial charge in [0, 0.05) is 14.9 Å². The molecule has 0 saturated heterocycles. The van der Waals surface area contributed by atoms with Gasteiger partial charge in [-0.3, -0.25) is 4.79 Å². The fourth-order valence-corrected chi connectivity index (χ4v) is 3.24. The van der Waals surface area contributed by atoms with Crippen LogP contribution in [0.5, 0.6) is 0 Å². The maximum absolute atomic E-state index is 12.3. The molecule has 2 N–H and O–H groups in total. The van der Waals surface area contributed by atoms with E-state index in [0.717, 1.165) is 21.3 Å². The molecule has 0 aliphatic carbocycles. The molecule has 0 fully saturated rings. The predicted octanol–water partition coefficient (Wildman–Crippen LogP) is 4.33. The molecule has 0 bridgehead atoms. The maximum Gasteiger partial charge on any atom is 0.338 e. The number of halogens is 1. The summed E-state index contributed by atoms with van der Waals surface area (Å²) in [6, 6.07) is 6.95. The topological polar surface area (TPSA) is 66.4 Å². The van der Waals surface area contributed by atoms with Gasteiger partial charge in [-0.15, -0.1) is 11.3 Å². The molecule has 0 aliphatic rings. The molecular weight excluding hydrogens is 354 g/mol. The Bertz CT molecular complexity index is 709. The van der Waals surface area contributed by atoms with E-state index in [-0.39, 0.29) is 11.5 Å². The Morgan fingerprint density at radius 2 is 2.05 bits per heavy atom. The first-order valence-corrected chi connectivity index (χ1v) is 7.97. The highest BCUT2D eigenvalue weighted by atomic mass is 79.9. The summed E-state index contributed by atoms with van der Waals surface area (Å²) in [5.74, 6) is -1.34. The van der Waals surface area contributed by atoms with Gasteiger partial charge in [-0.25, -0.2) is 4.79 Å². The quantitative estimate of drug-likeness (QED) is 0.844. The van der Waals surface area contributed by atoms with Gasteiger partial charge in [-0.2, -0.15) is 0 Å². The summed E-state index contributed by atoms with van der Waals surface area (Å²) in [5, 5.41) is 12.3. The van der Waals surface area contributed by atoms with E-state index in [9.17, 15) is 14.7 Å². The number of benzene rings is 1. The van der Waals surface area contributed by atoms with E-state index in [1.807, 2.05) is 19.9 Å². The summed E-state index contributed by atoms with van der Waals surface area (Å²) in [7, 11) is 0. The van der Waals surface area contributed by atoms with Gasteiger partial charge in [-0.1, -0.05) is 28.9 Å². The number of hydrogen-bond acceptors (Lipinski definition) is 3. The molecule has 0 atom stereocenters. The fourth-order valence-electron chi connectivity index (χ4n) is 1.89. The SMILES string of the molecule is CCc1cc(C(=O)O)c(NC(=O)c2cccc(Br)c2C)s1. The summed E-state index contributed by atoms with van der Waals surface area (Å²) in [6.45, 7) is 3.78. The molecule has 2 rings (SSSR count). The molecule has 0 aliphatic heterocycles. The average molecular weight is 368 g/mol. The summed E-state index contributed by atoms with van der Waals surface area (Å²) in [5.41, 5.74) is 1.48. The number of carbonyl (C=O) groups is 2. The Morgan fingerprint density at radius 3 is 2.67 bits per heavy atom. The molecule has 110 valence electrons. The van der Waals surface area contributed by atoms with Gasteiger partial charge >= 0.3 is 5.97 Å². The molecule has 4 nitrogen and oxygen atoms in total. The normalized spacial score (nSPS) is 10.4. The van der Waals surface area contributed by atoms with Crippen LogP contribution in [-0.2, 0) is 6.42 Å². The van der Waals surface area contributed by atoms with Crippen molar-refractivity contribution in [2.45, 2.75) is 20.3 Å². The molecule has 1 aromatic carbocycles. The zero-order valence-electron chi connectivity index (χ0n) is 11.6. The smallest absolute Gasteiger partial charge is 0.338 e.